The molecule has 4 heteroatoms. The number of rotatable bonds is 3. The number of aldehydes is 1. The zero-order valence-electron chi connectivity index (χ0n) is 8.81. The number of thiophene rings is 1. The third kappa shape index (κ3) is 1.97. The van der Waals surface area contributed by atoms with Crippen molar-refractivity contribution in [3.8, 4) is 0 Å². The lowest BCUT2D eigenvalue weighted by Gasteiger charge is -2.39. The van der Waals surface area contributed by atoms with Gasteiger partial charge in [-0.05, 0) is 29.3 Å². The van der Waals surface area contributed by atoms with Crippen molar-refractivity contribution >= 4 is 17.6 Å². The van der Waals surface area contributed by atoms with Gasteiger partial charge in [0.1, 0.15) is 11.8 Å². The fourth-order valence-corrected chi connectivity index (χ4v) is 2.67. The van der Waals surface area contributed by atoms with Crippen LogP contribution in [0.5, 0.6) is 0 Å². The van der Waals surface area contributed by atoms with Crippen molar-refractivity contribution in [1.82, 2.24) is 4.90 Å². The number of carbonyl (C=O) groups is 1. The van der Waals surface area contributed by atoms with E-state index in [9.17, 15) is 4.79 Å². The smallest absolute Gasteiger partial charge is 0.144 e. The SMILES string of the molecule is CC(C=O)(c1ccsc1)N1CCOCC1. The van der Waals surface area contributed by atoms with Crippen LogP contribution < -0.4 is 0 Å². The average molecular weight is 225 g/mol. The van der Waals surface area contributed by atoms with Gasteiger partial charge in [-0.25, -0.2) is 0 Å². The second kappa shape index (κ2) is 4.43. The summed E-state index contributed by atoms with van der Waals surface area (Å²) < 4.78 is 5.30. The summed E-state index contributed by atoms with van der Waals surface area (Å²) >= 11 is 1.63. The lowest BCUT2D eigenvalue weighted by atomic mass is 9.94. The van der Waals surface area contributed by atoms with Crippen molar-refractivity contribution in [2.24, 2.45) is 0 Å². The van der Waals surface area contributed by atoms with Crippen LogP contribution in [0.3, 0.4) is 0 Å². The molecule has 1 saturated heterocycles. The molecule has 1 fully saturated rings. The zero-order valence-corrected chi connectivity index (χ0v) is 9.63. The van der Waals surface area contributed by atoms with Gasteiger partial charge in [0.25, 0.3) is 0 Å². The van der Waals surface area contributed by atoms with E-state index in [2.05, 4.69) is 4.90 Å². The highest BCUT2D eigenvalue weighted by atomic mass is 32.1. The first-order valence-electron chi connectivity index (χ1n) is 5.09. The van der Waals surface area contributed by atoms with Crippen LogP contribution in [0, 0.1) is 0 Å². The van der Waals surface area contributed by atoms with Gasteiger partial charge in [-0.2, -0.15) is 11.3 Å². The molecule has 1 aliphatic rings. The first kappa shape index (κ1) is 10.8. The van der Waals surface area contributed by atoms with Crippen LogP contribution in [0.25, 0.3) is 0 Å². The molecule has 0 spiro atoms. The van der Waals surface area contributed by atoms with E-state index in [-0.39, 0.29) is 0 Å². The van der Waals surface area contributed by atoms with Crippen LogP contribution in [-0.2, 0) is 15.1 Å². The molecule has 1 aromatic rings. The average Bonchev–Trinajstić information content (AvgIpc) is 2.83. The van der Waals surface area contributed by atoms with Crippen molar-refractivity contribution in [2.75, 3.05) is 26.3 Å². The molecule has 2 heterocycles. The monoisotopic (exact) mass is 225 g/mol. The van der Waals surface area contributed by atoms with Gasteiger partial charge in [0.2, 0.25) is 0 Å². The summed E-state index contributed by atoms with van der Waals surface area (Å²) in [6.45, 7) is 5.06. The summed E-state index contributed by atoms with van der Waals surface area (Å²) in [6.07, 6.45) is 1.04. The van der Waals surface area contributed by atoms with Gasteiger partial charge in [0, 0.05) is 13.1 Å². The Morgan fingerprint density at radius 3 is 2.80 bits per heavy atom. The number of hydrogen-bond donors (Lipinski definition) is 0. The Morgan fingerprint density at radius 2 is 2.27 bits per heavy atom. The van der Waals surface area contributed by atoms with Crippen LogP contribution in [0.15, 0.2) is 16.8 Å². The maximum atomic E-state index is 11.3. The fraction of sp³-hybridized carbons (Fsp3) is 0.545. The summed E-state index contributed by atoms with van der Waals surface area (Å²) in [5.41, 5.74) is 0.605. The number of hydrogen-bond acceptors (Lipinski definition) is 4. The maximum Gasteiger partial charge on any atom is 0.144 e. The quantitative estimate of drug-likeness (QED) is 0.730. The van der Waals surface area contributed by atoms with E-state index >= 15 is 0 Å². The van der Waals surface area contributed by atoms with Gasteiger partial charge in [0.05, 0.1) is 13.2 Å². The van der Waals surface area contributed by atoms with Crippen LogP contribution in [0.1, 0.15) is 12.5 Å². The number of ether oxygens (including phenoxy) is 1. The largest absolute Gasteiger partial charge is 0.379 e. The van der Waals surface area contributed by atoms with Gasteiger partial charge in [-0.15, -0.1) is 0 Å². The second-order valence-corrected chi connectivity index (χ2v) is 4.66. The highest BCUT2D eigenvalue weighted by Crippen LogP contribution is 2.28. The number of nitrogens with zero attached hydrogens (tertiary/aromatic N) is 1. The molecule has 0 aromatic carbocycles. The molecule has 0 aliphatic carbocycles. The standard InChI is InChI=1S/C11H15NO2S/c1-11(9-13,10-2-7-15-8-10)12-3-5-14-6-4-12/h2,7-9H,3-6H2,1H3. The topological polar surface area (TPSA) is 29.5 Å². The van der Waals surface area contributed by atoms with E-state index < -0.39 is 5.54 Å². The number of carbonyl (C=O) groups excluding carboxylic acids is 1. The van der Waals surface area contributed by atoms with E-state index in [1.165, 1.54) is 0 Å². The molecule has 1 aliphatic heterocycles. The Bertz CT molecular complexity index is 319. The summed E-state index contributed by atoms with van der Waals surface area (Å²) in [7, 11) is 0. The molecule has 0 N–H and O–H groups in total. The van der Waals surface area contributed by atoms with Gasteiger partial charge < -0.3 is 9.53 Å². The molecule has 0 amide bonds. The molecular weight excluding hydrogens is 210 g/mol. The summed E-state index contributed by atoms with van der Waals surface area (Å²) in [5.74, 6) is 0. The van der Waals surface area contributed by atoms with Crippen molar-refractivity contribution < 1.29 is 9.53 Å². The molecule has 0 radical (unpaired) electrons. The van der Waals surface area contributed by atoms with Crippen LogP contribution >= 0.6 is 11.3 Å². The van der Waals surface area contributed by atoms with E-state index in [0.717, 1.165) is 24.9 Å². The Hall–Kier alpha value is -0.710. The van der Waals surface area contributed by atoms with E-state index in [1.54, 1.807) is 11.3 Å². The molecule has 82 valence electrons. The van der Waals surface area contributed by atoms with Gasteiger partial charge in [-0.1, -0.05) is 0 Å². The third-order valence-electron chi connectivity index (χ3n) is 3.00. The van der Waals surface area contributed by atoms with Gasteiger partial charge in [-0.3, -0.25) is 4.90 Å². The normalized spacial score (nSPS) is 22.2. The Morgan fingerprint density at radius 1 is 1.53 bits per heavy atom. The molecule has 2 rings (SSSR count). The molecule has 1 aromatic heterocycles. The lowest BCUT2D eigenvalue weighted by Crippen LogP contribution is -2.50. The molecule has 1 unspecified atom stereocenters. The Balaban J connectivity index is 2.23. The molecule has 0 saturated carbocycles. The summed E-state index contributed by atoms with van der Waals surface area (Å²) in [5, 5.41) is 4.06. The molecule has 0 bridgehead atoms. The molecular formula is C11H15NO2S. The predicted molar refractivity (Wildman–Crippen MR) is 60.1 cm³/mol. The van der Waals surface area contributed by atoms with Crippen LogP contribution in [-0.4, -0.2) is 37.5 Å². The van der Waals surface area contributed by atoms with Gasteiger partial charge >= 0.3 is 0 Å². The third-order valence-corrected chi connectivity index (χ3v) is 3.69. The minimum Gasteiger partial charge on any atom is -0.379 e. The summed E-state index contributed by atoms with van der Waals surface area (Å²) in [4.78, 5) is 13.5. The Labute approximate surface area is 93.7 Å². The first-order valence-corrected chi connectivity index (χ1v) is 6.03. The molecule has 15 heavy (non-hydrogen) atoms. The second-order valence-electron chi connectivity index (χ2n) is 3.88. The predicted octanol–water partition coefficient (Wildman–Crippen LogP) is 1.49. The fourth-order valence-electron chi connectivity index (χ4n) is 1.91. The van der Waals surface area contributed by atoms with Gasteiger partial charge in [0.15, 0.2) is 0 Å². The van der Waals surface area contributed by atoms with Crippen molar-refractivity contribution in [3.05, 3.63) is 22.4 Å². The molecule has 3 nitrogen and oxygen atoms in total. The molecule has 1 atom stereocenters. The first-order chi connectivity index (χ1) is 7.27. The van der Waals surface area contributed by atoms with E-state index in [1.807, 2.05) is 23.8 Å². The van der Waals surface area contributed by atoms with Crippen LogP contribution in [0.4, 0.5) is 0 Å². The highest BCUT2D eigenvalue weighted by molar-refractivity contribution is 7.08. The maximum absolute atomic E-state index is 11.3. The zero-order chi connectivity index (χ0) is 10.7. The van der Waals surface area contributed by atoms with E-state index in [4.69, 9.17) is 4.74 Å². The van der Waals surface area contributed by atoms with Crippen molar-refractivity contribution in [3.63, 3.8) is 0 Å². The van der Waals surface area contributed by atoms with Crippen LogP contribution in [0.2, 0.25) is 0 Å². The van der Waals surface area contributed by atoms with Crippen molar-refractivity contribution in [2.45, 2.75) is 12.5 Å². The highest BCUT2D eigenvalue weighted by Gasteiger charge is 2.34. The number of morpholine rings is 1. The van der Waals surface area contributed by atoms with Crippen molar-refractivity contribution in [1.29, 1.82) is 0 Å². The minimum absolute atomic E-state index is 0.482. The summed E-state index contributed by atoms with van der Waals surface area (Å²) in [6, 6.07) is 2.02. The minimum atomic E-state index is -0.482. The van der Waals surface area contributed by atoms with E-state index in [0.29, 0.717) is 13.2 Å². The lowest BCUT2D eigenvalue weighted by molar-refractivity contribution is -0.121. The Kier molecular flexibility index (Phi) is 3.19.